The summed E-state index contributed by atoms with van der Waals surface area (Å²) in [6, 6.07) is 14.9. The van der Waals surface area contributed by atoms with Gasteiger partial charge in [-0.3, -0.25) is 14.3 Å². The first-order valence-corrected chi connectivity index (χ1v) is 12.4. The van der Waals surface area contributed by atoms with Gasteiger partial charge in [0.1, 0.15) is 12.0 Å². The van der Waals surface area contributed by atoms with Gasteiger partial charge in [-0.15, -0.1) is 11.8 Å². The molecule has 4 heterocycles. The zero-order valence-electron chi connectivity index (χ0n) is 18.8. The number of piperidine rings is 1. The predicted octanol–water partition coefficient (Wildman–Crippen LogP) is 4.33. The van der Waals surface area contributed by atoms with Gasteiger partial charge in [0, 0.05) is 35.9 Å². The summed E-state index contributed by atoms with van der Waals surface area (Å²) >= 11 is 1.79. The monoisotopic (exact) mass is 479 g/mol. The molecule has 2 N–H and O–H groups in total. The molecule has 6 nitrogen and oxygen atoms in total. The van der Waals surface area contributed by atoms with Crippen LogP contribution < -0.4 is 10.9 Å². The topological polar surface area (TPSA) is 74.6 Å². The Kier molecular flexibility index (Phi) is 6.08. The molecule has 0 aliphatic carbocycles. The zero-order chi connectivity index (χ0) is 23.8. The van der Waals surface area contributed by atoms with E-state index in [0.717, 1.165) is 29.7 Å². The number of aromatic nitrogens is 1. The number of amides is 1. The van der Waals surface area contributed by atoms with Gasteiger partial charge in [-0.1, -0.05) is 37.3 Å². The zero-order valence-corrected chi connectivity index (χ0v) is 19.6. The van der Waals surface area contributed by atoms with Gasteiger partial charge in [0.05, 0.1) is 0 Å². The van der Waals surface area contributed by atoms with Crippen LogP contribution in [-0.2, 0) is 12.2 Å². The molecule has 3 aliphatic rings. The number of pyridine rings is 1. The Morgan fingerprint density at radius 2 is 1.88 bits per heavy atom. The molecule has 34 heavy (non-hydrogen) atoms. The molecule has 3 aromatic rings. The van der Waals surface area contributed by atoms with Crippen LogP contribution in [0.3, 0.4) is 0 Å². The molecule has 0 unspecified atom stereocenters. The van der Waals surface area contributed by atoms with Gasteiger partial charge in [0.15, 0.2) is 11.4 Å². The minimum Gasteiger partial charge on any atom is -0.502 e. The van der Waals surface area contributed by atoms with E-state index in [1.165, 1.54) is 27.4 Å². The minimum absolute atomic E-state index is 0.0355. The summed E-state index contributed by atoms with van der Waals surface area (Å²) in [5, 5.41) is 9.74. The van der Waals surface area contributed by atoms with Crippen molar-refractivity contribution in [3.05, 3.63) is 93.2 Å². The number of fused-ring (bicyclic) bond motifs is 4. The number of thioether (sulfide) groups is 1. The first-order chi connectivity index (χ1) is 16.4. The average Bonchev–Trinajstić information content (AvgIpc) is 3.02. The fourth-order valence-electron chi connectivity index (χ4n) is 4.72. The van der Waals surface area contributed by atoms with E-state index in [-0.39, 0.29) is 23.6 Å². The predicted molar refractivity (Wildman–Crippen MR) is 130 cm³/mol. The van der Waals surface area contributed by atoms with Gasteiger partial charge in [-0.2, -0.15) is 0 Å². The maximum atomic E-state index is 13.7. The van der Waals surface area contributed by atoms with E-state index in [2.05, 4.69) is 24.5 Å². The summed E-state index contributed by atoms with van der Waals surface area (Å²) < 4.78 is 15.2. The van der Waals surface area contributed by atoms with E-state index in [0.29, 0.717) is 18.9 Å². The lowest BCUT2D eigenvalue weighted by Gasteiger charge is -2.43. The van der Waals surface area contributed by atoms with E-state index < -0.39 is 11.2 Å². The summed E-state index contributed by atoms with van der Waals surface area (Å²) in [4.78, 5) is 26.6. The Hall–Kier alpha value is -3.26. The van der Waals surface area contributed by atoms with Crippen LogP contribution in [0.2, 0.25) is 0 Å². The van der Waals surface area contributed by atoms with Crippen LogP contribution in [0.5, 0.6) is 5.75 Å². The highest BCUT2D eigenvalue weighted by atomic mass is 32.2. The van der Waals surface area contributed by atoms with Crippen LogP contribution in [0.1, 0.15) is 46.9 Å². The summed E-state index contributed by atoms with van der Waals surface area (Å²) in [6.07, 6.45) is 3.97. The molecular weight excluding hydrogens is 453 g/mol. The minimum atomic E-state index is -0.528. The fourth-order valence-corrected chi connectivity index (χ4v) is 5.80. The van der Waals surface area contributed by atoms with Crippen LogP contribution >= 0.6 is 11.8 Å². The molecule has 176 valence electrons. The van der Waals surface area contributed by atoms with Crippen molar-refractivity contribution in [2.75, 3.05) is 12.0 Å². The number of rotatable bonds is 0. The normalized spacial score (nSPS) is 20.4. The van der Waals surface area contributed by atoms with Crippen molar-refractivity contribution in [2.45, 2.75) is 43.0 Å². The third-order valence-electron chi connectivity index (χ3n) is 6.63. The van der Waals surface area contributed by atoms with Gasteiger partial charge in [-0.05, 0) is 47.6 Å². The van der Waals surface area contributed by atoms with Gasteiger partial charge in [0.2, 0.25) is 5.43 Å². The van der Waals surface area contributed by atoms with E-state index in [9.17, 15) is 19.1 Å². The molecule has 2 aromatic carbocycles. The lowest BCUT2D eigenvalue weighted by Crippen LogP contribution is -2.57. The van der Waals surface area contributed by atoms with Gasteiger partial charge < -0.3 is 15.4 Å². The standard InChI is InChI=1S/C14H11FS.C12H15N3O3/c15-13-6-3-5-11-9-16-14-7-2-1-4-10(14)8-12(11)13;1-7-2-4-14-9(6-7)13-15-5-3-8(16)11(17)10(15)12(14)18/h1-7H,8-9H2;3,5,7,9,13,17H,2,4,6H2,1H3/t;7-,9+/m.1/s1. The quantitative estimate of drug-likeness (QED) is 0.502. The molecule has 1 aromatic heterocycles. The second kappa shape index (κ2) is 9.18. The lowest BCUT2D eigenvalue weighted by molar-refractivity contribution is 0.0517. The molecule has 0 spiro atoms. The number of hydrogen-bond donors (Lipinski definition) is 2. The Bertz CT molecular complexity index is 1310. The molecule has 2 atom stereocenters. The van der Waals surface area contributed by atoms with E-state index in [4.69, 9.17) is 0 Å². The molecule has 1 fully saturated rings. The molecule has 6 rings (SSSR count). The molecular formula is C26H26FN3O3S. The number of carbonyl (C=O) groups excluding carboxylic acids is 1. The van der Waals surface area contributed by atoms with E-state index >= 15 is 0 Å². The van der Waals surface area contributed by atoms with Gasteiger partial charge in [0.25, 0.3) is 5.91 Å². The summed E-state index contributed by atoms with van der Waals surface area (Å²) in [7, 11) is 0. The number of benzene rings is 2. The molecule has 1 saturated heterocycles. The van der Waals surface area contributed by atoms with Crippen molar-refractivity contribution in [1.29, 1.82) is 0 Å². The number of halogens is 1. The second-order valence-electron chi connectivity index (χ2n) is 8.97. The first kappa shape index (κ1) is 22.5. The third-order valence-corrected chi connectivity index (χ3v) is 7.79. The molecule has 0 bridgehead atoms. The third kappa shape index (κ3) is 4.18. The number of carbonyl (C=O) groups is 1. The molecule has 3 aliphatic heterocycles. The van der Waals surface area contributed by atoms with Crippen LogP contribution in [-0.4, -0.2) is 33.3 Å². The Morgan fingerprint density at radius 3 is 2.74 bits per heavy atom. The summed E-state index contributed by atoms with van der Waals surface area (Å²) in [5.41, 5.74) is 5.88. The van der Waals surface area contributed by atoms with E-state index in [1.807, 2.05) is 18.2 Å². The van der Waals surface area contributed by atoms with Gasteiger partial charge in [-0.25, -0.2) is 4.39 Å². The smallest absolute Gasteiger partial charge is 0.278 e. The largest absolute Gasteiger partial charge is 0.502 e. The van der Waals surface area contributed by atoms with Crippen molar-refractivity contribution in [1.82, 2.24) is 9.58 Å². The maximum absolute atomic E-state index is 13.7. The maximum Gasteiger partial charge on any atom is 0.278 e. The van der Waals surface area contributed by atoms with Crippen LogP contribution in [0.25, 0.3) is 0 Å². The average molecular weight is 480 g/mol. The van der Waals surface area contributed by atoms with Crippen molar-refractivity contribution >= 4 is 17.7 Å². The first-order valence-electron chi connectivity index (χ1n) is 11.4. The molecule has 1 amide bonds. The van der Waals surface area contributed by atoms with Gasteiger partial charge >= 0.3 is 0 Å². The molecule has 0 radical (unpaired) electrons. The highest BCUT2D eigenvalue weighted by molar-refractivity contribution is 7.98. The van der Waals surface area contributed by atoms with Crippen LogP contribution in [0, 0.1) is 11.7 Å². The van der Waals surface area contributed by atoms with Crippen LogP contribution in [0.15, 0.2) is 64.4 Å². The number of aromatic hydroxyl groups is 1. The SMILES string of the molecule is C[C@@H]1CCN2C(=O)c3c(O)c(=O)ccn3N[C@@H]2C1.Fc1cccc2c1Cc1ccccc1SC2. The Balaban J connectivity index is 0.000000142. The highest BCUT2D eigenvalue weighted by Crippen LogP contribution is 2.34. The summed E-state index contributed by atoms with van der Waals surface area (Å²) in [5.74, 6) is 0.591. The summed E-state index contributed by atoms with van der Waals surface area (Å²) in [6.45, 7) is 2.81. The van der Waals surface area contributed by atoms with Crippen LogP contribution in [0.4, 0.5) is 4.39 Å². The molecule has 0 saturated carbocycles. The van der Waals surface area contributed by atoms with Crippen molar-refractivity contribution < 1.29 is 14.3 Å². The number of hydrogen-bond acceptors (Lipinski definition) is 5. The van der Waals surface area contributed by atoms with Crippen molar-refractivity contribution in [3.63, 3.8) is 0 Å². The van der Waals surface area contributed by atoms with Crippen molar-refractivity contribution in [2.24, 2.45) is 5.92 Å². The number of nitrogens with one attached hydrogen (secondary N) is 1. The number of nitrogens with zero attached hydrogens (tertiary/aromatic N) is 2. The second-order valence-corrected chi connectivity index (χ2v) is 9.99. The Labute approximate surface area is 201 Å². The fraction of sp³-hybridized carbons (Fsp3) is 0.308. The molecule has 8 heteroatoms. The highest BCUT2D eigenvalue weighted by Gasteiger charge is 2.37. The Morgan fingerprint density at radius 1 is 1.09 bits per heavy atom. The lowest BCUT2D eigenvalue weighted by atomic mass is 9.95. The van der Waals surface area contributed by atoms with Crippen molar-refractivity contribution in [3.8, 4) is 5.75 Å². The van der Waals surface area contributed by atoms with E-state index in [1.54, 1.807) is 28.8 Å².